The van der Waals surface area contributed by atoms with Crippen molar-refractivity contribution in [2.24, 2.45) is 0 Å². The number of hydrogen-bond donors (Lipinski definition) is 1. The zero-order valence-electron chi connectivity index (χ0n) is 7.91. The molecule has 1 aliphatic heterocycles. The number of allylic oxidation sites excluding steroid dienone is 1. The molecule has 0 radical (unpaired) electrons. The van der Waals surface area contributed by atoms with Gasteiger partial charge in [-0.1, -0.05) is 0 Å². The van der Waals surface area contributed by atoms with Gasteiger partial charge in [0.05, 0.1) is 7.11 Å². The third kappa shape index (κ3) is 1.37. The Balaban J connectivity index is 2.43. The Morgan fingerprint density at radius 3 is 3.07 bits per heavy atom. The summed E-state index contributed by atoms with van der Waals surface area (Å²) in [7, 11) is 1.64. The standard InChI is InChI=1S/C11H11NO2/c1-13-9-2-3-10-8(6-9)7-14-11(10)4-5-12/h2-6,12H,7H2,1H3/b11-4-,12-5?. The molecule has 14 heavy (non-hydrogen) atoms. The lowest BCUT2D eigenvalue weighted by Gasteiger charge is -2.01. The van der Waals surface area contributed by atoms with Crippen LogP contribution in [0.4, 0.5) is 0 Å². The molecule has 0 fully saturated rings. The van der Waals surface area contributed by atoms with Crippen LogP contribution in [0.3, 0.4) is 0 Å². The van der Waals surface area contributed by atoms with Crippen LogP contribution in [0.15, 0.2) is 24.3 Å². The average Bonchev–Trinajstić information content (AvgIpc) is 2.61. The van der Waals surface area contributed by atoms with Crippen LogP contribution in [0.5, 0.6) is 5.75 Å². The van der Waals surface area contributed by atoms with Crippen LogP contribution >= 0.6 is 0 Å². The minimum atomic E-state index is 0.562. The van der Waals surface area contributed by atoms with Crippen LogP contribution in [0.25, 0.3) is 5.76 Å². The molecule has 0 aliphatic carbocycles. The van der Waals surface area contributed by atoms with E-state index in [1.807, 2.05) is 18.2 Å². The van der Waals surface area contributed by atoms with Gasteiger partial charge in [-0.2, -0.15) is 0 Å². The molecule has 3 heteroatoms. The normalized spacial score (nSPS) is 16.2. The highest BCUT2D eigenvalue weighted by Gasteiger charge is 2.17. The molecule has 0 spiro atoms. The zero-order chi connectivity index (χ0) is 9.97. The maximum Gasteiger partial charge on any atom is 0.128 e. The Morgan fingerprint density at radius 2 is 2.36 bits per heavy atom. The molecule has 1 heterocycles. The summed E-state index contributed by atoms with van der Waals surface area (Å²) in [6.45, 7) is 0.562. The van der Waals surface area contributed by atoms with E-state index >= 15 is 0 Å². The molecular weight excluding hydrogens is 178 g/mol. The van der Waals surface area contributed by atoms with Crippen molar-refractivity contribution in [1.29, 1.82) is 5.41 Å². The zero-order valence-corrected chi connectivity index (χ0v) is 7.91. The Labute approximate surface area is 82.5 Å². The number of nitrogens with one attached hydrogen (secondary N) is 1. The first-order chi connectivity index (χ1) is 6.85. The predicted molar refractivity (Wildman–Crippen MR) is 54.5 cm³/mol. The van der Waals surface area contributed by atoms with Gasteiger partial charge in [-0.15, -0.1) is 0 Å². The summed E-state index contributed by atoms with van der Waals surface area (Å²) in [6.07, 6.45) is 2.88. The predicted octanol–water partition coefficient (Wildman–Crippen LogP) is 2.22. The summed E-state index contributed by atoms with van der Waals surface area (Å²) in [5.41, 5.74) is 2.16. The maximum atomic E-state index is 6.98. The molecule has 1 aromatic rings. The molecular formula is C11H11NO2. The highest BCUT2D eigenvalue weighted by molar-refractivity contribution is 5.82. The molecule has 72 valence electrons. The lowest BCUT2D eigenvalue weighted by molar-refractivity contribution is 0.285. The van der Waals surface area contributed by atoms with Gasteiger partial charge in [0, 0.05) is 17.3 Å². The smallest absolute Gasteiger partial charge is 0.128 e. The molecule has 0 atom stereocenters. The van der Waals surface area contributed by atoms with Crippen molar-refractivity contribution in [3.8, 4) is 5.75 Å². The molecule has 0 aromatic heterocycles. The Morgan fingerprint density at radius 1 is 1.50 bits per heavy atom. The first-order valence-corrected chi connectivity index (χ1v) is 4.36. The van der Waals surface area contributed by atoms with Crippen LogP contribution in [0, 0.1) is 5.41 Å². The molecule has 0 unspecified atom stereocenters. The van der Waals surface area contributed by atoms with Gasteiger partial charge in [-0.25, -0.2) is 0 Å². The molecule has 0 saturated carbocycles. The number of rotatable bonds is 2. The van der Waals surface area contributed by atoms with E-state index < -0.39 is 0 Å². The number of fused-ring (bicyclic) bond motifs is 1. The number of methoxy groups -OCH3 is 1. The van der Waals surface area contributed by atoms with Crippen LogP contribution in [0.2, 0.25) is 0 Å². The lowest BCUT2D eigenvalue weighted by Crippen LogP contribution is -1.86. The van der Waals surface area contributed by atoms with Crippen molar-refractivity contribution < 1.29 is 9.47 Å². The lowest BCUT2D eigenvalue weighted by atomic mass is 10.1. The molecule has 0 saturated heterocycles. The number of ether oxygens (including phenoxy) is 2. The van der Waals surface area contributed by atoms with Gasteiger partial charge < -0.3 is 14.9 Å². The van der Waals surface area contributed by atoms with Crippen LogP contribution in [-0.2, 0) is 11.3 Å². The molecule has 1 aliphatic rings. The fourth-order valence-electron chi connectivity index (χ4n) is 1.50. The molecule has 0 bridgehead atoms. The second-order valence-electron chi connectivity index (χ2n) is 3.01. The first-order valence-electron chi connectivity index (χ1n) is 4.36. The monoisotopic (exact) mass is 189 g/mol. The van der Waals surface area contributed by atoms with Gasteiger partial charge >= 0.3 is 0 Å². The Hall–Kier alpha value is -1.77. The number of hydrogen-bond acceptors (Lipinski definition) is 3. The van der Waals surface area contributed by atoms with Gasteiger partial charge in [-0.05, 0) is 24.3 Å². The summed E-state index contributed by atoms with van der Waals surface area (Å²) < 4.78 is 10.5. The van der Waals surface area contributed by atoms with E-state index in [-0.39, 0.29) is 0 Å². The first kappa shape index (κ1) is 8.81. The Kier molecular flexibility index (Phi) is 2.23. The van der Waals surface area contributed by atoms with Gasteiger partial charge in [0.15, 0.2) is 0 Å². The third-order valence-corrected chi connectivity index (χ3v) is 2.20. The van der Waals surface area contributed by atoms with Crippen molar-refractivity contribution in [2.75, 3.05) is 7.11 Å². The molecule has 0 amide bonds. The molecule has 2 rings (SSSR count). The topological polar surface area (TPSA) is 42.3 Å². The highest BCUT2D eigenvalue weighted by Crippen LogP contribution is 2.31. The van der Waals surface area contributed by atoms with Gasteiger partial charge in [0.25, 0.3) is 0 Å². The van der Waals surface area contributed by atoms with Gasteiger partial charge in [0.2, 0.25) is 0 Å². The minimum absolute atomic E-state index is 0.562. The fourth-order valence-corrected chi connectivity index (χ4v) is 1.50. The largest absolute Gasteiger partial charge is 0.497 e. The highest BCUT2D eigenvalue weighted by atomic mass is 16.5. The summed E-state index contributed by atoms with van der Waals surface area (Å²) >= 11 is 0. The second kappa shape index (κ2) is 3.54. The van der Waals surface area contributed by atoms with E-state index in [2.05, 4.69) is 0 Å². The maximum absolute atomic E-state index is 6.98. The summed E-state index contributed by atoms with van der Waals surface area (Å²) in [6, 6.07) is 5.81. The van der Waals surface area contributed by atoms with Crippen molar-refractivity contribution >= 4 is 12.0 Å². The quantitative estimate of drug-likeness (QED) is 0.725. The number of benzene rings is 1. The van der Waals surface area contributed by atoms with E-state index in [1.165, 1.54) is 6.21 Å². The Bertz CT molecular complexity index is 396. The van der Waals surface area contributed by atoms with Crippen molar-refractivity contribution in [3.05, 3.63) is 35.4 Å². The molecule has 1 N–H and O–H groups in total. The minimum Gasteiger partial charge on any atom is -0.497 e. The third-order valence-electron chi connectivity index (χ3n) is 2.20. The van der Waals surface area contributed by atoms with E-state index in [4.69, 9.17) is 14.9 Å². The summed E-state index contributed by atoms with van der Waals surface area (Å²) in [5, 5.41) is 6.98. The molecule has 1 aromatic carbocycles. The van der Waals surface area contributed by atoms with Gasteiger partial charge in [-0.3, -0.25) is 0 Å². The van der Waals surface area contributed by atoms with E-state index in [0.29, 0.717) is 6.61 Å². The van der Waals surface area contributed by atoms with E-state index in [9.17, 15) is 0 Å². The SMILES string of the molecule is COc1ccc2c(c1)CO/C2=C\C=N. The van der Waals surface area contributed by atoms with E-state index in [1.54, 1.807) is 13.2 Å². The second-order valence-corrected chi connectivity index (χ2v) is 3.01. The van der Waals surface area contributed by atoms with Crippen molar-refractivity contribution in [1.82, 2.24) is 0 Å². The van der Waals surface area contributed by atoms with Crippen LogP contribution in [-0.4, -0.2) is 13.3 Å². The molecule has 3 nitrogen and oxygen atoms in total. The van der Waals surface area contributed by atoms with E-state index in [0.717, 1.165) is 22.6 Å². The van der Waals surface area contributed by atoms with Crippen molar-refractivity contribution in [3.63, 3.8) is 0 Å². The van der Waals surface area contributed by atoms with Gasteiger partial charge in [0.1, 0.15) is 18.1 Å². The fraction of sp³-hybridized carbons (Fsp3) is 0.182. The van der Waals surface area contributed by atoms with Crippen LogP contribution < -0.4 is 4.74 Å². The summed E-state index contributed by atoms with van der Waals surface area (Å²) in [5.74, 6) is 1.60. The average molecular weight is 189 g/mol. The van der Waals surface area contributed by atoms with Crippen molar-refractivity contribution in [2.45, 2.75) is 6.61 Å². The van der Waals surface area contributed by atoms with Crippen LogP contribution in [0.1, 0.15) is 11.1 Å². The summed E-state index contributed by atoms with van der Waals surface area (Å²) in [4.78, 5) is 0.